The minimum Gasteiger partial charge on any atom is -0.361 e. The van der Waals surface area contributed by atoms with Crippen molar-refractivity contribution in [2.75, 3.05) is 20.6 Å². The molecular weight excluding hydrogens is 286 g/mol. The Bertz CT molecular complexity index is 571. The van der Waals surface area contributed by atoms with Gasteiger partial charge in [-0.2, -0.15) is 0 Å². The first-order valence-electron chi connectivity index (χ1n) is 6.87. The van der Waals surface area contributed by atoms with Crippen molar-refractivity contribution >= 4 is 17.2 Å². The van der Waals surface area contributed by atoms with E-state index < -0.39 is 0 Å². The van der Waals surface area contributed by atoms with Crippen LogP contribution in [-0.2, 0) is 11.2 Å². The molecule has 0 radical (unpaired) electrons. The topological polar surface area (TPSA) is 58.4 Å². The van der Waals surface area contributed by atoms with Crippen LogP contribution in [0.3, 0.4) is 0 Å². The van der Waals surface area contributed by atoms with Crippen LogP contribution in [0.25, 0.3) is 0 Å². The number of aromatic nitrogens is 1. The Morgan fingerprint density at radius 3 is 2.76 bits per heavy atom. The number of hydrogen-bond donors (Lipinski definition) is 1. The van der Waals surface area contributed by atoms with Gasteiger partial charge in [-0.05, 0) is 39.4 Å². The van der Waals surface area contributed by atoms with Gasteiger partial charge in [0.2, 0.25) is 5.91 Å². The molecule has 1 amide bonds. The molecule has 0 spiro atoms. The van der Waals surface area contributed by atoms with Crippen molar-refractivity contribution in [1.82, 2.24) is 15.4 Å². The average molecular weight is 307 g/mol. The fourth-order valence-electron chi connectivity index (χ4n) is 2.21. The number of likely N-dealkylation sites (N-methyl/N-ethyl adjacent to an activating group) is 1. The molecule has 2 aromatic heterocycles. The number of nitrogens with one attached hydrogen (secondary N) is 1. The summed E-state index contributed by atoms with van der Waals surface area (Å²) < 4.78 is 5.08. The highest BCUT2D eigenvalue weighted by atomic mass is 32.1. The van der Waals surface area contributed by atoms with Crippen molar-refractivity contribution in [3.8, 4) is 0 Å². The van der Waals surface area contributed by atoms with Crippen molar-refractivity contribution in [3.63, 3.8) is 0 Å². The fraction of sp³-hybridized carbons (Fsp3) is 0.467. The van der Waals surface area contributed by atoms with Crippen LogP contribution in [0.2, 0.25) is 0 Å². The lowest BCUT2D eigenvalue weighted by atomic mass is 10.1. The molecule has 0 aliphatic carbocycles. The van der Waals surface area contributed by atoms with E-state index in [-0.39, 0.29) is 11.9 Å². The fourth-order valence-corrected chi connectivity index (χ4v) is 3.13. The summed E-state index contributed by atoms with van der Waals surface area (Å²) in [7, 11) is 4.04. The second-order valence-electron chi connectivity index (χ2n) is 5.28. The van der Waals surface area contributed by atoms with Gasteiger partial charge in [0.15, 0.2) is 0 Å². The molecule has 6 heteroatoms. The Hall–Kier alpha value is -1.66. The van der Waals surface area contributed by atoms with E-state index in [0.717, 1.165) is 11.3 Å². The Morgan fingerprint density at radius 2 is 2.24 bits per heavy atom. The molecule has 2 aromatic rings. The lowest BCUT2D eigenvalue weighted by molar-refractivity contribution is -0.120. The maximum atomic E-state index is 12.1. The number of rotatable bonds is 6. The van der Waals surface area contributed by atoms with Crippen LogP contribution in [0.15, 0.2) is 22.0 Å². The molecule has 0 bridgehead atoms. The van der Waals surface area contributed by atoms with E-state index in [1.165, 1.54) is 4.88 Å². The summed E-state index contributed by atoms with van der Waals surface area (Å²) in [5, 5.41) is 8.93. The van der Waals surface area contributed by atoms with Gasteiger partial charge in [0.05, 0.1) is 18.2 Å². The SMILES string of the molecule is Cc1noc(C)c1CC(=O)NC[C@@H](c1cccs1)N(C)C. The zero-order valence-corrected chi connectivity index (χ0v) is 13.7. The molecule has 5 nitrogen and oxygen atoms in total. The zero-order chi connectivity index (χ0) is 15.4. The van der Waals surface area contributed by atoms with Crippen LogP contribution in [0.1, 0.15) is 27.9 Å². The minimum absolute atomic E-state index is 0.00666. The van der Waals surface area contributed by atoms with E-state index in [4.69, 9.17) is 4.52 Å². The molecule has 0 fully saturated rings. The van der Waals surface area contributed by atoms with Crippen molar-refractivity contribution in [2.24, 2.45) is 0 Å². The Morgan fingerprint density at radius 1 is 1.48 bits per heavy atom. The summed E-state index contributed by atoms with van der Waals surface area (Å²) in [4.78, 5) is 15.5. The average Bonchev–Trinajstić information content (AvgIpc) is 3.04. The number of nitrogens with zero attached hydrogens (tertiary/aromatic N) is 2. The van der Waals surface area contributed by atoms with Gasteiger partial charge < -0.3 is 14.7 Å². The molecule has 0 saturated heterocycles. The van der Waals surface area contributed by atoms with Gasteiger partial charge >= 0.3 is 0 Å². The van der Waals surface area contributed by atoms with Crippen molar-refractivity contribution in [3.05, 3.63) is 39.4 Å². The molecule has 0 saturated carbocycles. The molecule has 1 N–H and O–H groups in total. The number of amides is 1. The van der Waals surface area contributed by atoms with Crippen LogP contribution in [0.5, 0.6) is 0 Å². The van der Waals surface area contributed by atoms with Gasteiger partial charge in [-0.25, -0.2) is 0 Å². The van der Waals surface area contributed by atoms with E-state index in [0.29, 0.717) is 18.7 Å². The highest BCUT2D eigenvalue weighted by Crippen LogP contribution is 2.22. The molecule has 0 aliphatic heterocycles. The largest absolute Gasteiger partial charge is 0.361 e. The highest BCUT2D eigenvalue weighted by molar-refractivity contribution is 7.10. The summed E-state index contributed by atoms with van der Waals surface area (Å²) in [6.07, 6.45) is 0.311. The summed E-state index contributed by atoms with van der Waals surface area (Å²) in [6, 6.07) is 4.32. The van der Waals surface area contributed by atoms with Gasteiger partial charge in [-0.1, -0.05) is 11.2 Å². The van der Waals surface area contributed by atoms with Gasteiger partial charge in [0.25, 0.3) is 0 Å². The maximum absolute atomic E-state index is 12.1. The molecule has 0 aromatic carbocycles. The van der Waals surface area contributed by atoms with E-state index in [1.807, 2.05) is 34.0 Å². The van der Waals surface area contributed by atoms with E-state index in [2.05, 4.69) is 26.8 Å². The van der Waals surface area contributed by atoms with Crippen LogP contribution in [-0.4, -0.2) is 36.6 Å². The first-order valence-corrected chi connectivity index (χ1v) is 7.75. The molecule has 0 aliphatic rings. The molecule has 1 atom stereocenters. The summed E-state index contributed by atoms with van der Waals surface area (Å²) in [6.45, 7) is 4.28. The monoisotopic (exact) mass is 307 g/mol. The van der Waals surface area contributed by atoms with Crippen molar-refractivity contribution < 1.29 is 9.32 Å². The number of hydrogen-bond acceptors (Lipinski definition) is 5. The van der Waals surface area contributed by atoms with Crippen molar-refractivity contribution in [2.45, 2.75) is 26.3 Å². The Balaban J connectivity index is 1.94. The van der Waals surface area contributed by atoms with Crippen LogP contribution in [0, 0.1) is 13.8 Å². The quantitative estimate of drug-likeness (QED) is 0.890. The van der Waals surface area contributed by atoms with Crippen LogP contribution in [0.4, 0.5) is 0 Å². The zero-order valence-electron chi connectivity index (χ0n) is 12.8. The predicted molar refractivity (Wildman–Crippen MR) is 83.4 cm³/mol. The lowest BCUT2D eigenvalue weighted by Gasteiger charge is -2.23. The maximum Gasteiger partial charge on any atom is 0.224 e. The smallest absolute Gasteiger partial charge is 0.224 e. The highest BCUT2D eigenvalue weighted by Gasteiger charge is 2.18. The lowest BCUT2D eigenvalue weighted by Crippen LogP contribution is -2.35. The number of thiophene rings is 1. The molecule has 0 unspecified atom stereocenters. The third-order valence-corrected chi connectivity index (χ3v) is 4.48. The summed E-state index contributed by atoms with van der Waals surface area (Å²) in [5.74, 6) is 0.706. The van der Waals surface area contributed by atoms with E-state index in [1.54, 1.807) is 11.3 Å². The third kappa shape index (κ3) is 3.92. The Labute approximate surface area is 128 Å². The van der Waals surface area contributed by atoms with Crippen molar-refractivity contribution in [1.29, 1.82) is 0 Å². The van der Waals surface area contributed by atoms with Crippen LogP contribution < -0.4 is 5.32 Å². The van der Waals surface area contributed by atoms with E-state index >= 15 is 0 Å². The predicted octanol–water partition coefficient (Wildman–Crippen LogP) is 2.31. The van der Waals surface area contributed by atoms with E-state index in [9.17, 15) is 4.79 Å². The van der Waals surface area contributed by atoms with Gasteiger partial charge in [-0.3, -0.25) is 4.79 Å². The van der Waals surface area contributed by atoms with Gasteiger partial charge in [0.1, 0.15) is 5.76 Å². The standard InChI is InChI=1S/C15H21N3O2S/c1-10-12(11(2)20-17-10)8-15(19)16-9-13(18(3)4)14-6-5-7-21-14/h5-7,13H,8-9H2,1-4H3,(H,16,19)/t13-/m0/s1. The van der Waals surface area contributed by atoms with Crippen LogP contribution >= 0.6 is 11.3 Å². The molecular formula is C15H21N3O2S. The number of aryl methyl sites for hydroxylation is 2. The van der Waals surface area contributed by atoms with Gasteiger partial charge in [0, 0.05) is 17.0 Å². The second-order valence-corrected chi connectivity index (χ2v) is 6.26. The Kier molecular flexibility index (Phi) is 5.14. The van der Waals surface area contributed by atoms with Gasteiger partial charge in [-0.15, -0.1) is 11.3 Å². The molecule has 2 heterocycles. The first-order chi connectivity index (χ1) is 9.99. The third-order valence-electron chi connectivity index (χ3n) is 3.51. The number of carbonyl (C=O) groups excluding carboxylic acids is 1. The molecule has 114 valence electrons. The first kappa shape index (κ1) is 15.7. The molecule has 2 rings (SSSR count). The molecule has 21 heavy (non-hydrogen) atoms. The second kappa shape index (κ2) is 6.87. The normalized spacial score (nSPS) is 12.6. The minimum atomic E-state index is -0.00666. The summed E-state index contributed by atoms with van der Waals surface area (Å²) in [5.41, 5.74) is 1.66. The number of carbonyl (C=O) groups is 1. The summed E-state index contributed by atoms with van der Waals surface area (Å²) >= 11 is 1.70.